The van der Waals surface area contributed by atoms with Crippen molar-refractivity contribution in [3.05, 3.63) is 60.1 Å². The van der Waals surface area contributed by atoms with Gasteiger partial charge in [-0.15, -0.1) is 0 Å². The van der Waals surface area contributed by atoms with Gasteiger partial charge in [-0.2, -0.15) is 0 Å². The number of methoxy groups -OCH3 is 2. The highest BCUT2D eigenvalue weighted by atomic mass is 16.5. The van der Waals surface area contributed by atoms with Crippen LogP contribution in [0, 0.1) is 0 Å². The van der Waals surface area contributed by atoms with Gasteiger partial charge in [-0.3, -0.25) is 14.4 Å². The molecule has 0 unspecified atom stereocenters. The van der Waals surface area contributed by atoms with Gasteiger partial charge >= 0.3 is 0 Å². The SMILES string of the molecule is C=C(C)n1/c(=N\C)c(NCCCCNC(=O)Cc2ccccc2)nc2cc(OC)c(OC)cc21. The molecular weight excluding hydrogens is 430 g/mol. The maximum absolute atomic E-state index is 12.1. The zero-order valence-corrected chi connectivity index (χ0v) is 20.4. The van der Waals surface area contributed by atoms with Gasteiger partial charge in [-0.05, 0) is 25.3 Å². The van der Waals surface area contributed by atoms with Crippen LogP contribution in [0.15, 0.2) is 54.0 Å². The van der Waals surface area contributed by atoms with E-state index in [0.29, 0.717) is 42.3 Å². The molecule has 3 aromatic rings. The Kier molecular flexibility index (Phi) is 8.67. The summed E-state index contributed by atoms with van der Waals surface area (Å²) in [5, 5.41) is 6.38. The van der Waals surface area contributed by atoms with Gasteiger partial charge in [0.15, 0.2) is 22.8 Å². The molecule has 0 bridgehead atoms. The first kappa shape index (κ1) is 24.8. The summed E-state index contributed by atoms with van der Waals surface area (Å²) in [5.41, 5.74) is 4.08. The fourth-order valence-corrected chi connectivity index (χ4v) is 3.76. The number of hydrogen-bond donors (Lipinski definition) is 2. The van der Waals surface area contributed by atoms with Crippen molar-refractivity contribution in [1.29, 1.82) is 0 Å². The Labute approximate surface area is 200 Å². The van der Waals surface area contributed by atoms with Crippen LogP contribution in [0.1, 0.15) is 25.3 Å². The van der Waals surface area contributed by atoms with Gasteiger partial charge in [0.2, 0.25) is 5.91 Å². The molecule has 0 aliphatic heterocycles. The second kappa shape index (κ2) is 11.9. The number of nitrogens with zero attached hydrogens (tertiary/aromatic N) is 3. The fraction of sp³-hybridized carbons (Fsp3) is 0.346. The van der Waals surface area contributed by atoms with Crippen molar-refractivity contribution in [3.63, 3.8) is 0 Å². The van der Waals surface area contributed by atoms with Crippen LogP contribution >= 0.6 is 0 Å². The third-order valence-corrected chi connectivity index (χ3v) is 5.40. The van der Waals surface area contributed by atoms with Gasteiger partial charge in [0.25, 0.3) is 0 Å². The van der Waals surface area contributed by atoms with Crippen LogP contribution in [-0.2, 0) is 11.2 Å². The van der Waals surface area contributed by atoms with E-state index in [4.69, 9.17) is 14.5 Å². The summed E-state index contributed by atoms with van der Waals surface area (Å²) < 4.78 is 12.9. The average molecular weight is 464 g/mol. The summed E-state index contributed by atoms with van der Waals surface area (Å²) >= 11 is 0. The first-order valence-electron chi connectivity index (χ1n) is 11.3. The average Bonchev–Trinajstić information content (AvgIpc) is 2.84. The van der Waals surface area contributed by atoms with E-state index in [2.05, 4.69) is 22.2 Å². The van der Waals surface area contributed by atoms with Crippen molar-refractivity contribution in [3.8, 4) is 11.5 Å². The van der Waals surface area contributed by atoms with Gasteiger partial charge in [-0.25, -0.2) is 4.98 Å². The van der Waals surface area contributed by atoms with E-state index in [0.717, 1.165) is 35.1 Å². The number of allylic oxidation sites excluding steroid dienone is 1. The summed E-state index contributed by atoms with van der Waals surface area (Å²) in [6.45, 7) is 7.37. The Morgan fingerprint density at radius 1 is 1.09 bits per heavy atom. The Morgan fingerprint density at radius 2 is 1.76 bits per heavy atom. The topological polar surface area (TPSA) is 89.8 Å². The zero-order chi connectivity index (χ0) is 24.5. The molecule has 0 aliphatic carbocycles. The second-order valence-electron chi connectivity index (χ2n) is 7.92. The lowest BCUT2D eigenvalue weighted by Crippen LogP contribution is -2.27. The molecule has 1 amide bonds. The van der Waals surface area contributed by atoms with Gasteiger partial charge in [0.1, 0.15) is 0 Å². The largest absolute Gasteiger partial charge is 0.493 e. The van der Waals surface area contributed by atoms with Crippen molar-refractivity contribution < 1.29 is 14.3 Å². The van der Waals surface area contributed by atoms with Crippen LogP contribution in [0.3, 0.4) is 0 Å². The molecule has 8 heteroatoms. The molecular formula is C26H33N5O3. The number of anilines is 1. The fourth-order valence-electron chi connectivity index (χ4n) is 3.76. The lowest BCUT2D eigenvalue weighted by molar-refractivity contribution is -0.120. The molecule has 8 nitrogen and oxygen atoms in total. The monoisotopic (exact) mass is 463 g/mol. The third-order valence-electron chi connectivity index (χ3n) is 5.40. The van der Waals surface area contributed by atoms with E-state index in [9.17, 15) is 4.79 Å². The van der Waals surface area contributed by atoms with Crippen LogP contribution in [-0.4, -0.2) is 49.8 Å². The van der Waals surface area contributed by atoms with E-state index in [1.807, 2.05) is 54.0 Å². The van der Waals surface area contributed by atoms with Gasteiger partial charge in [0, 0.05) is 38.0 Å². The third kappa shape index (κ3) is 5.95. The molecule has 0 spiro atoms. The molecule has 1 heterocycles. The number of hydrogen-bond acceptors (Lipinski definition) is 6. The van der Waals surface area contributed by atoms with Crippen LogP contribution in [0.25, 0.3) is 16.7 Å². The number of nitrogens with one attached hydrogen (secondary N) is 2. The first-order valence-corrected chi connectivity index (χ1v) is 11.3. The molecule has 0 aliphatic rings. The maximum atomic E-state index is 12.1. The summed E-state index contributed by atoms with van der Waals surface area (Å²) in [6.07, 6.45) is 2.12. The normalized spacial score (nSPS) is 11.4. The molecule has 0 fully saturated rings. The van der Waals surface area contributed by atoms with E-state index in [1.165, 1.54) is 0 Å². The summed E-state index contributed by atoms with van der Waals surface area (Å²) in [4.78, 5) is 21.4. The number of fused-ring (bicyclic) bond motifs is 1. The molecule has 34 heavy (non-hydrogen) atoms. The minimum atomic E-state index is 0.0364. The second-order valence-corrected chi connectivity index (χ2v) is 7.92. The summed E-state index contributed by atoms with van der Waals surface area (Å²) in [6, 6.07) is 13.5. The predicted molar refractivity (Wildman–Crippen MR) is 136 cm³/mol. The van der Waals surface area contributed by atoms with Crippen LogP contribution < -0.4 is 25.6 Å². The lowest BCUT2D eigenvalue weighted by atomic mass is 10.1. The van der Waals surface area contributed by atoms with Crippen molar-refractivity contribution in [2.75, 3.05) is 39.7 Å². The highest BCUT2D eigenvalue weighted by Crippen LogP contribution is 2.31. The molecule has 3 rings (SSSR count). The standard InChI is InChI=1S/C26H33N5O3/c1-18(2)31-21-17-23(34-5)22(33-4)16-20(21)30-25(26(31)27-3)29-14-10-9-13-28-24(32)15-19-11-7-6-8-12-19/h6-8,11-12,16-17H,1,9-10,13-15H2,2-5H3,(H,28,32)(H,29,30)/b27-26-. The van der Waals surface area contributed by atoms with Crippen molar-refractivity contribution in [2.24, 2.45) is 4.99 Å². The van der Waals surface area contributed by atoms with E-state index >= 15 is 0 Å². The predicted octanol–water partition coefficient (Wildman–Crippen LogP) is 3.63. The number of benzene rings is 2. The molecule has 0 saturated heterocycles. The molecule has 0 atom stereocenters. The molecule has 0 saturated carbocycles. The van der Waals surface area contributed by atoms with Crippen molar-refractivity contribution >= 4 is 28.5 Å². The van der Waals surface area contributed by atoms with Gasteiger partial charge < -0.3 is 20.1 Å². The highest BCUT2D eigenvalue weighted by molar-refractivity contribution is 5.83. The molecule has 2 aromatic carbocycles. The quantitative estimate of drug-likeness (QED) is 0.424. The van der Waals surface area contributed by atoms with E-state index < -0.39 is 0 Å². The van der Waals surface area contributed by atoms with Crippen molar-refractivity contribution in [1.82, 2.24) is 14.9 Å². The Morgan fingerprint density at radius 3 is 2.41 bits per heavy atom. The number of carbonyl (C=O) groups excluding carboxylic acids is 1. The number of rotatable bonds is 11. The van der Waals surface area contributed by atoms with Crippen LogP contribution in [0.2, 0.25) is 0 Å². The number of aromatic nitrogens is 2. The molecule has 2 N–H and O–H groups in total. The van der Waals surface area contributed by atoms with Crippen LogP contribution in [0.4, 0.5) is 5.82 Å². The van der Waals surface area contributed by atoms with E-state index in [-0.39, 0.29) is 5.91 Å². The Bertz CT molecular complexity index is 1220. The highest BCUT2D eigenvalue weighted by Gasteiger charge is 2.14. The minimum absolute atomic E-state index is 0.0364. The Hall–Kier alpha value is -3.81. The smallest absolute Gasteiger partial charge is 0.224 e. The van der Waals surface area contributed by atoms with Gasteiger partial charge in [0.05, 0.1) is 31.7 Å². The first-order chi connectivity index (χ1) is 16.5. The lowest BCUT2D eigenvalue weighted by Gasteiger charge is -2.17. The number of carbonyl (C=O) groups is 1. The Balaban J connectivity index is 1.66. The molecule has 180 valence electrons. The summed E-state index contributed by atoms with van der Waals surface area (Å²) in [5.74, 6) is 1.92. The number of amides is 1. The molecule has 1 aromatic heterocycles. The van der Waals surface area contributed by atoms with E-state index in [1.54, 1.807) is 21.3 Å². The molecule has 0 radical (unpaired) electrons. The van der Waals surface area contributed by atoms with Crippen LogP contribution in [0.5, 0.6) is 11.5 Å². The maximum Gasteiger partial charge on any atom is 0.224 e. The number of ether oxygens (including phenoxy) is 2. The minimum Gasteiger partial charge on any atom is -0.493 e. The summed E-state index contributed by atoms with van der Waals surface area (Å²) in [7, 11) is 4.94. The van der Waals surface area contributed by atoms with Gasteiger partial charge in [-0.1, -0.05) is 36.9 Å². The zero-order valence-electron chi connectivity index (χ0n) is 20.4. The van der Waals surface area contributed by atoms with Crippen molar-refractivity contribution in [2.45, 2.75) is 26.2 Å². The number of unbranched alkanes of at least 4 members (excludes halogenated alkanes) is 1.